The van der Waals surface area contributed by atoms with Gasteiger partial charge in [0.25, 0.3) is 5.91 Å². The lowest BCUT2D eigenvalue weighted by atomic mass is 10.2. The van der Waals surface area contributed by atoms with E-state index in [0.29, 0.717) is 5.69 Å². The zero-order chi connectivity index (χ0) is 12.4. The zero-order valence-corrected chi connectivity index (χ0v) is 10.6. The molecule has 88 valence electrons. The molecule has 0 saturated carbocycles. The first-order chi connectivity index (χ1) is 8.04. The Kier molecular flexibility index (Phi) is 3.10. The molecule has 4 N–H and O–H groups in total. The van der Waals surface area contributed by atoms with Gasteiger partial charge in [0, 0.05) is 10.2 Å². The first kappa shape index (κ1) is 11.6. The normalized spacial score (nSPS) is 10.2. The summed E-state index contributed by atoms with van der Waals surface area (Å²) in [6, 6.07) is 5.59. The Bertz CT molecular complexity index is 545. The molecule has 7 heteroatoms. The van der Waals surface area contributed by atoms with E-state index >= 15 is 0 Å². The first-order valence-electron chi connectivity index (χ1n) is 4.81. The highest BCUT2D eigenvalue weighted by molar-refractivity contribution is 9.10. The monoisotopic (exact) mass is 295 g/mol. The molecule has 2 aromatic rings. The van der Waals surface area contributed by atoms with Gasteiger partial charge >= 0.3 is 0 Å². The Balaban J connectivity index is 2.18. The van der Waals surface area contributed by atoms with E-state index in [-0.39, 0.29) is 17.7 Å². The van der Waals surface area contributed by atoms with Crippen LogP contribution in [0.25, 0.3) is 0 Å². The van der Waals surface area contributed by atoms with Crippen LogP contribution < -0.4 is 11.1 Å². The standard InChI is InChI=1S/C10H10BrN5O/c1-5-2-6(11)4-7(3-5)13-9(17)8-14-10(12)16-15-8/h2-4H,1H3,(H,13,17)(H3,12,14,15,16). The van der Waals surface area contributed by atoms with E-state index in [1.165, 1.54) is 0 Å². The van der Waals surface area contributed by atoms with Crippen LogP contribution in [0.3, 0.4) is 0 Å². The van der Waals surface area contributed by atoms with Crippen LogP contribution >= 0.6 is 15.9 Å². The highest BCUT2D eigenvalue weighted by Gasteiger charge is 2.11. The Labute approximate surface area is 106 Å². The second kappa shape index (κ2) is 4.54. The lowest BCUT2D eigenvalue weighted by Crippen LogP contribution is -2.13. The number of hydrogen-bond donors (Lipinski definition) is 3. The maximum Gasteiger partial charge on any atom is 0.293 e. The molecule has 1 amide bonds. The number of carbonyl (C=O) groups is 1. The minimum Gasteiger partial charge on any atom is -0.366 e. The average molecular weight is 296 g/mol. The number of aromatic nitrogens is 3. The van der Waals surface area contributed by atoms with Crippen molar-refractivity contribution in [2.75, 3.05) is 11.1 Å². The van der Waals surface area contributed by atoms with Crippen molar-refractivity contribution in [3.63, 3.8) is 0 Å². The molecule has 0 spiro atoms. The number of nitrogens with two attached hydrogens (primary N) is 1. The molecular weight excluding hydrogens is 286 g/mol. The third kappa shape index (κ3) is 2.82. The molecule has 0 unspecified atom stereocenters. The number of hydrogen-bond acceptors (Lipinski definition) is 4. The summed E-state index contributed by atoms with van der Waals surface area (Å²) in [5.74, 6) is -0.257. The number of nitrogens with one attached hydrogen (secondary N) is 2. The number of halogens is 1. The van der Waals surface area contributed by atoms with Crippen LogP contribution in [0.15, 0.2) is 22.7 Å². The molecule has 17 heavy (non-hydrogen) atoms. The van der Waals surface area contributed by atoms with Crippen molar-refractivity contribution in [2.24, 2.45) is 0 Å². The number of amides is 1. The third-order valence-electron chi connectivity index (χ3n) is 2.02. The highest BCUT2D eigenvalue weighted by atomic mass is 79.9. The maximum absolute atomic E-state index is 11.7. The van der Waals surface area contributed by atoms with E-state index in [9.17, 15) is 4.79 Å². The van der Waals surface area contributed by atoms with E-state index in [2.05, 4.69) is 36.4 Å². The third-order valence-corrected chi connectivity index (χ3v) is 2.48. The number of anilines is 2. The second-order valence-electron chi connectivity index (χ2n) is 3.51. The van der Waals surface area contributed by atoms with E-state index in [1.54, 1.807) is 6.07 Å². The number of carbonyl (C=O) groups excluding carboxylic acids is 1. The molecule has 0 atom stereocenters. The number of rotatable bonds is 2. The quantitative estimate of drug-likeness (QED) is 0.786. The summed E-state index contributed by atoms with van der Waals surface area (Å²) in [6.07, 6.45) is 0. The van der Waals surface area contributed by atoms with E-state index in [4.69, 9.17) is 5.73 Å². The molecule has 1 aromatic heterocycles. The van der Waals surface area contributed by atoms with Crippen LogP contribution in [0.5, 0.6) is 0 Å². The number of H-pyrrole nitrogens is 1. The number of nitrogen functional groups attached to an aromatic ring is 1. The Morgan fingerprint density at radius 1 is 1.47 bits per heavy atom. The van der Waals surface area contributed by atoms with Crippen molar-refractivity contribution in [1.29, 1.82) is 0 Å². The Hall–Kier alpha value is -1.89. The molecule has 6 nitrogen and oxygen atoms in total. The van der Waals surface area contributed by atoms with Gasteiger partial charge in [0.05, 0.1) is 0 Å². The molecule has 1 aromatic carbocycles. The number of benzene rings is 1. The minimum absolute atomic E-state index is 0.0422. The fourth-order valence-electron chi connectivity index (χ4n) is 1.38. The van der Waals surface area contributed by atoms with Crippen molar-refractivity contribution in [3.8, 4) is 0 Å². The van der Waals surface area contributed by atoms with E-state index < -0.39 is 0 Å². The van der Waals surface area contributed by atoms with Crippen molar-refractivity contribution < 1.29 is 4.79 Å². The summed E-state index contributed by atoms with van der Waals surface area (Å²) >= 11 is 3.36. The smallest absolute Gasteiger partial charge is 0.293 e. The molecule has 0 fully saturated rings. The first-order valence-corrected chi connectivity index (χ1v) is 5.60. The van der Waals surface area contributed by atoms with Gasteiger partial charge in [-0.05, 0) is 30.7 Å². The fraction of sp³-hybridized carbons (Fsp3) is 0.100. The SMILES string of the molecule is Cc1cc(Br)cc(NC(=O)c2nc(N)n[nH]2)c1. The molecule has 0 aliphatic heterocycles. The summed E-state index contributed by atoms with van der Waals surface area (Å²) < 4.78 is 0.893. The summed E-state index contributed by atoms with van der Waals surface area (Å²) in [5, 5.41) is 8.73. The van der Waals surface area contributed by atoms with Gasteiger partial charge in [-0.25, -0.2) is 0 Å². The van der Waals surface area contributed by atoms with E-state index in [0.717, 1.165) is 10.0 Å². The lowest BCUT2D eigenvalue weighted by molar-refractivity contribution is 0.101. The van der Waals surface area contributed by atoms with Crippen LogP contribution in [-0.4, -0.2) is 21.1 Å². The molecule has 0 radical (unpaired) electrons. The molecule has 0 aliphatic rings. The van der Waals surface area contributed by atoms with Crippen LogP contribution in [0.2, 0.25) is 0 Å². The number of aryl methyl sites for hydroxylation is 1. The van der Waals surface area contributed by atoms with E-state index in [1.807, 2.05) is 19.1 Å². The zero-order valence-electron chi connectivity index (χ0n) is 8.99. The number of nitrogens with zero attached hydrogens (tertiary/aromatic N) is 2. The average Bonchev–Trinajstić information content (AvgIpc) is 2.63. The fourth-order valence-corrected chi connectivity index (χ4v) is 1.98. The van der Waals surface area contributed by atoms with Crippen molar-refractivity contribution >= 4 is 33.5 Å². The Morgan fingerprint density at radius 2 is 2.24 bits per heavy atom. The summed E-state index contributed by atoms with van der Waals surface area (Å²) in [7, 11) is 0. The topological polar surface area (TPSA) is 96.7 Å². The predicted octanol–water partition coefficient (Wildman–Crippen LogP) is 1.71. The molecule has 1 heterocycles. The van der Waals surface area contributed by atoms with Gasteiger partial charge in [-0.3, -0.25) is 9.89 Å². The van der Waals surface area contributed by atoms with Gasteiger partial charge < -0.3 is 11.1 Å². The second-order valence-corrected chi connectivity index (χ2v) is 4.43. The van der Waals surface area contributed by atoms with Crippen LogP contribution in [0.1, 0.15) is 16.2 Å². The maximum atomic E-state index is 11.7. The molecule has 0 bridgehead atoms. The summed E-state index contributed by atoms with van der Waals surface area (Å²) in [4.78, 5) is 15.5. The van der Waals surface area contributed by atoms with Gasteiger partial charge in [-0.2, -0.15) is 4.98 Å². The van der Waals surface area contributed by atoms with Gasteiger partial charge in [-0.1, -0.05) is 15.9 Å². The molecule has 0 aliphatic carbocycles. The number of aromatic amines is 1. The minimum atomic E-state index is -0.383. The van der Waals surface area contributed by atoms with Gasteiger partial charge in [0.2, 0.25) is 11.8 Å². The van der Waals surface area contributed by atoms with Gasteiger partial charge in [-0.15, -0.1) is 5.10 Å². The molecular formula is C10H10BrN5O. The highest BCUT2D eigenvalue weighted by Crippen LogP contribution is 2.19. The predicted molar refractivity (Wildman–Crippen MR) is 67.6 cm³/mol. The summed E-state index contributed by atoms with van der Waals surface area (Å²) in [6.45, 7) is 1.94. The molecule has 0 saturated heterocycles. The summed E-state index contributed by atoms with van der Waals surface area (Å²) in [5.41, 5.74) is 7.03. The van der Waals surface area contributed by atoms with Crippen molar-refractivity contribution in [1.82, 2.24) is 15.2 Å². The van der Waals surface area contributed by atoms with Crippen LogP contribution in [0, 0.1) is 6.92 Å². The van der Waals surface area contributed by atoms with Crippen LogP contribution in [0.4, 0.5) is 11.6 Å². The van der Waals surface area contributed by atoms with Crippen molar-refractivity contribution in [2.45, 2.75) is 6.92 Å². The lowest BCUT2D eigenvalue weighted by Gasteiger charge is -2.04. The largest absolute Gasteiger partial charge is 0.366 e. The van der Waals surface area contributed by atoms with Crippen LogP contribution in [-0.2, 0) is 0 Å². The van der Waals surface area contributed by atoms with Gasteiger partial charge in [0.15, 0.2) is 0 Å². The van der Waals surface area contributed by atoms with Gasteiger partial charge in [0.1, 0.15) is 0 Å². The van der Waals surface area contributed by atoms with Crippen molar-refractivity contribution in [3.05, 3.63) is 34.1 Å². The molecule has 2 rings (SSSR count). The Morgan fingerprint density at radius 3 is 2.82 bits per heavy atom.